The van der Waals surface area contributed by atoms with E-state index >= 15 is 0 Å². The smallest absolute Gasteiger partial charge is 0.460 e. The number of carbonyl (C=O) groups excluding carboxylic acids is 2. The van der Waals surface area contributed by atoms with Crippen LogP contribution < -0.4 is 5.32 Å². The lowest BCUT2D eigenvalue weighted by Gasteiger charge is -2.44. The number of hydrogen-bond acceptors (Lipinski definition) is 3. The van der Waals surface area contributed by atoms with E-state index in [1.54, 1.807) is 0 Å². The van der Waals surface area contributed by atoms with Gasteiger partial charge >= 0.3 is 65.4 Å². The Hall–Kier alpha value is -2.53. The molecule has 0 aromatic rings. The highest BCUT2D eigenvalue weighted by Crippen LogP contribution is 2.66. The summed E-state index contributed by atoms with van der Waals surface area (Å²) in [6.07, 6.45) is 4.48. The lowest BCUT2D eigenvalue weighted by molar-refractivity contribution is -0.474. The third-order valence-electron chi connectivity index (χ3n) is 9.16. The SMILES string of the molecule is CCCCCCCCCCCCCCCCCCNC(=O)CCC(=O)OCCC(F)(F)C(F)(F)C(F)(F)C(F)(F)C(F)(F)C(F)(F)C(F)(F)C(F)(F)C(F)(F)C(F)(F)F. The Kier molecular flexibility index (Phi) is 21.1. The van der Waals surface area contributed by atoms with E-state index in [9.17, 15) is 102 Å². The number of esters is 1. The van der Waals surface area contributed by atoms with Gasteiger partial charge in [-0.1, -0.05) is 103 Å². The first-order chi connectivity index (χ1) is 26.6. The molecule has 25 heteroatoms. The number of carbonyl (C=O) groups is 2. The van der Waals surface area contributed by atoms with Crippen molar-refractivity contribution in [1.82, 2.24) is 5.32 Å². The van der Waals surface area contributed by atoms with Crippen LogP contribution >= 0.6 is 0 Å². The zero-order valence-corrected chi connectivity index (χ0v) is 31.5. The fourth-order valence-corrected chi connectivity index (χ4v) is 5.32. The van der Waals surface area contributed by atoms with Crippen molar-refractivity contribution in [2.75, 3.05) is 13.2 Å². The summed E-state index contributed by atoms with van der Waals surface area (Å²) >= 11 is 0. The summed E-state index contributed by atoms with van der Waals surface area (Å²) in [5, 5.41) is 2.36. The van der Waals surface area contributed by atoms with Gasteiger partial charge in [-0.25, -0.2) is 0 Å². The van der Waals surface area contributed by atoms with E-state index in [0.717, 1.165) is 38.5 Å². The van der Waals surface area contributed by atoms with Crippen LogP contribution in [0.4, 0.5) is 92.2 Å². The first kappa shape index (κ1) is 56.5. The normalized spacial score (nSPS) is 14.5. The van der Waals surface area contributed by atoms with Crippen molar-refractivity contribution < 1.29 is 107 Å². The summed E-state index contributed by atoms with van der Waals surface area (Å²) in [4.78, 5) is 23.5. The van der Waals surface area contributed by atoms with Crippen molar-refractivity contribution in [3.8, 4) is 0 Å². The topological polar surface area (TPSA) is 55.4 Å². The number of alkyl halides is 21. The Morgan fingerprint density at radius 3 is 1.05 bits per heavy atom. The molecule has 0 fully saturated rings. The van der Waals surface area contributed by atoms with E-state index in [1.165, 1.54) is 51.4 Å². The molecule has 0 radical (unpaired) electrons. The number of ether oxygens (including phenoxy) is 1. The molecule has 0 aliphatic heterocycles. The second-order valence-corrected chi connectivity index (χ2v) is 13.9. The molecule has 1 N–H and O–H groups in total. The molecule has 4 nitrogen and oxygen atoms in total. The second kappa shape index (κ2) is 22.0. The Morgan fingerprint density at radius 2 is 0.712 bits per heavy atom. The first-order valence-corrected chi connectivity index (χ1v) is 18.5. The molecule has 59 heavy (non-hydrogen) atoms. The largest absolute Gasteiger partial charge is 0.465 e. The van der Waals surface area contributed by atoms with Crippen LogP contribution in [0.5, 0.6) is 0 Å². The molecule has 0 atom stereocenters. The van der Waals surface area contributed by atoms with E-state index in [4.69, 9.17) is 0 Å². The summed E-state index contributed by atoms with van der Waals surface area (Å²) in [5.41, 5.74) is 0. The number of unbranched alkanes of at least 4 members (excludes halogenated alkanes) is 15. The zero-order valence-electron chi connectivity index (χ0n) is 31.5. The van der Waals surface area contributed by atoms with Crippen molar-refractivity contribution in [3.63, 3.8) is 0 Å². The maximum Gasteiger partial charge on any atom is 0.460 e. The first-order valence-electron chi connectivity index (χ1n) is 18.5. The maximum absolute atomic E-state index is 14.0. The number of amides is 1. The minimum absolute atomic E-state index is 0.123. The summed E-state index contributed by atoms with van der Waals surface area (Å²) in [5.74, 6) is -80.3. The van der Waals surface area contributed by atoms with Crippen LogP contribution in [-0.4, -0.2) is 84.5 Å². The van der Waals surface area contributed by atoms with Crippen molar-refractivity contribution in [2.45, 2.75) is 188 Å². The van der Waals surface area contributed by atoms with Crippen LogP contribution in [0.3, 0.4) is 0 Å². The quantitative estimate of drug-likeness (QED) is 0.0428. The van der Waals surface area contributed by atoms with Gasteiger partial charge in [-0.2, -0.15) is 92.2 Å². The molecule has 0 bridgehead atoms. The third-order valence-corrected chi connectivity index (χ3v) is 9.16. The monoisotopic (exact) mass is 915 g/mol. The van der Waals surface area contributed by atoms with Gasteiger partial charge in [0.15, 0.2) is 0 Å². The Labute approximate surface area is 325 Å². The van der Waals surface area contributed by atoms with Crippen LogP contribution in [0.1, 0.15) is 129 Å². The van der Waals surface area contributed by atoms with Crippen LogP contribution in [-0.2, 0) is 14.3 Å². The number of rotatable bonds is 31. The molecule has 0 saturated carbocycles. The van der Waals surface area contributed by atoms with Gasteiger partial charge in [0, 0.05) is 13.0 Å². The minimum atomic E-state index is -9.25. The molecular weight excluding hydrogens is 869 g/mol. The van der Waals surface area contributed by atoms with E-state index in [-0.39, 0.29) is 6.54 Å². The van der Waals surface area contributed by atoms with Crippen molar-refractivity contribution >= 4 is 11.9 Å². The molecule has 0 aliphatic rings. The standard InChI is InChI=1S/C34H46F21NO3/c1-2-3-4-5-6-7-8-9-10-11-12-13-14-15-16-17-21-56-23(57)18-19-24(58)59-22-20-25(35,36)26(37,38)27(39,40)28(41,42)29(43,44)30(45,46)31(47,48)32(49,50)33(51,52)34(53,54)55/h2-22H2,1H3,(H,56,57). The van der Waals surface area contributed by atoms with E-state index < -0.39 is 97.2 Å². The van der Waals surface area contributed by atoms with Gasteiger partial charge < -0.3 is 10.1 Å². The highest BCUT2D eigenvalue weighted by molar-refractivity contribution is 5.81. The number of nitrogens with one attached hydrogen (secondary N) is 1. The Balaban J connectivity index is 4.99. The second-order valence-electron chi connectivity index (χ2n) is 13.9. The third kappa shape index (κ3) is 13.2. The van der Waals surface area contributed by atoms with E-state index in [0.29, 0.717) is 12.8 Å². The van der Waals surface area contributed by atoms with Gasteiger partial charge in [-0.3, -0.25) is 9.59 Å². The Bertz CT molecular complexity index is 1270. The highest BCUT2D eigenvalue weighted by atomic mass is 19.4. The van der Waals surface area contributed by atoms with Gasteiger partial charge in [-0.15, -0.1) is 0 Å². The van der Waals surface area contributed by atoms with Crippen LogP contribution in [0.25, 0.3) is 0 Å². The fourth-order valence-electron chi connectivity index (χ4n) is 5.32. The van der Waals surface area contributed by atoms with Crippen LogP contribution in [0.2, 0.25) is 0 Å². The molecule has 0 aromatic carbocycles. The lowest BCUT2D eigenvalue weighted by Crippen LogP contribution is -2.76. The van der Waals surface area contributed by atoms with Gasteiger partial charge in [-0.05, 0) is 6.42 Å². The van der Waals surface area contributed by atoms with Crippen molar-refractivity contribution in [3.05, 3.63) is 0 Å². The van der Waals surface area contributed by atoms with Crippen LogP contribution in [0, 0.1) is 0 Å². The summed E-state index contributed by atoms with van der Waals surface area (Å²) < 4.78 is 287. The molecule has 0 spiro atoms. The summed E-state index contributed by atoms with van der Waals surface area (Å²) in [6, 6.07) is 0. The molecule has 0 unspecified atom stereocenters. The molecule has 0 heterocycles. The highest BCUT2D eigenvalue weighted by Gasteiger charge is 2.97. The predicted molar refractivity (Wildman–Crippen MR) is 168 cm³/mol. The minimum Gasteiger partial charge on any atom is -0.465 e. The maximum atomic E-state index is 14.0. The molecular formula is C34H46F21NO3. The lowest BCUT2D eigenvalue weighted by atomic mass is 9.86. The molecule has 352 valence electrons. The average molecular weight is 916 g/mol. The Morgan fingerprint density at radius 1 is 0.407 bits per heavy atom. The molecule has 0 aliphatic carbocycles. The van der Waals surface area contributed by atoms with Crippen LogP contribution in [0.15, 0.2) is 0 Å². The fraction of sp³-hybridized carbons (Fsp3) is 0.941. The zero-order chi connectivity index (χ0) is 46.4. The van der Waals surface area contributed by atoms with Crippen molar-refractivity contribution in [2.24, 2.45) is 0 Å². The number of halogens is 21. The predicted octanol–water partition coefficient (Wildman–Crippen LogP) is 13.4. The van der Waals surface area contributed by atoms with E-state index in [2.05, 4.69) is 17.0 Å². The summed E-state index contributed by atoms with van der Waals surface area (Å²) in [7, 11) is 0. The van der Waals surface area contributed by atoms with Gasteiger partial charge in [0.05, 0.1) is 19.4 Å². The van der Waals surface area contributed by atoms with Crippen molar-refractivity contribution in [1.29, 1.82) is 0 Å². The van der Waals surface area contributed by atoms with Gasteiger partial charge in [0.1, 0.15) is 0 Å². The average Bonchev–Trinajstić information content (AvgIpc) is 3.10. The molecule has 1 amide bonds. The molecule has 0 saturated heterocycles. The molecule has 0 aromatic heterocycles. The molecule has 0 rings (SSSR count). The van der Waals surface area contributed by atoms with Gasteiger partial charge in [0.2, 0.25) is 5.91 Å². The van der Waals surface area contributed by atoms with E-state index in [1.807, 2.05) is 0 Å². The van der Waals surface area contributed by atoms with Gasteiger partial charge in [0.25, 0.3) is 0 Å². The number of hydrogen-bond donors (Lipinski definition) is 1. The summed E-state index contributed by atoms with van der Waals surface area (Å²) in [6.45, 7) is 0.0990.